The Labute approximate surface area is 198 Å². The minimum absolute atomic E-state index is 0.0228. The summed E-state index contributed by atoms with van der Waals surface area (Å²) in [5.41, 5.74) is -0.187. The second kappa shape index (κ2) is 8.85. The van der Waals surface area contributed by atoms with E-state index in [0.29, 0.717) is 0 Å². The first-order chi connectivity index (χ1) is 14.7. The molecule has 2 N–H and O–H groups in total. The lowest BCUT2D eigenvalue weighted by atomic mass is 10.1. The van der Waals surface area contributed by atoms with Crippen molar-refractivity contribution in [2.75, 3.05) is 11.9 Å². The first-order valence-corrected chi connectivity index (χ1v) is 10.2. The number of hydrogen-bond acceptors (Lipinski definition) is 2. The van der Waals surface area contributed by atoms with Crippen molar-refractivity contribution in [2.24, 2.45) is 5.92 Å². The third-order valence-electron chi connectivity index (χ3n) is 4.63. The van der Waals surface area contributed by atoms with E-state index in [1.165, 1.54) is 12.1 Å². The molecule has 1 aliphatic rings. The molecule has 13 heteroatoms. The number of anilines is 1. The quantitative estimate of drug-likeness (QED) is 0.276. The Morgan fingerprint density at radius 2 is 1.69 bits per heavy atom. The Kier molecular flexibility index (Phi) is 6.87. The average molecular weight is 536 g/mol. The van der Waals surface area contributed by atoms with Gasteiger partial charge in [0, 0.05) is 11.6 Å². The predicted octanol–water partition coefficient (Wildman–Crippen LogP) is 6.09. The van der Waals surface area contributed by atoms with Gasteiger partial charge < -0.3 is 10.6 Å². The molecular weight excluding hydrogens is 525 g/mol. The number of alkyl halides is 5. The largest absolute Gasteiger partial charge is 0.405 e. The Hall–Kier alpha value is -1.81. The number of halogens is 9. The van der Waals surface area contributed by atoms with Gasteiger partial charge >= 0.3 is 6.18 Å². The molecule has 2 atom stereocenters. The van der Waals surface area contributed by atoms with E-state index in [2.05, 4.69) is 5.32 Å². The molecule has 0 heterocycles. The van der Waals surface area contributed by atoms with Gasteiger partial charge in [-0.2, -0.15) is 13.2 Å². The van der Waals surface area contributed by atoms with Crippen LogP contribution in [0, 0.1) is 17.6 Å². The topological polar surface area (TPSA) is 58.2 Å². The van der Waals surface area contributed by atoms with Gasteiger partial charge in [-0.25, -0.2) is 8.78 Å². The molecule has 0 aliphatic heterocycles. The van der Waals surface area contributed by atoms with E-state index in [1.54, 1.807) is 5.32 Å². The molecule has 1 aliphatic carbocycles. The normalized spacial score (nSPS) is 19.4. The highest BCUT2D eigenvalue weighted by Crippen LogP contribution is 2.65. The fourth-order valence-corrected chi connectivity index (χ4v) is 4.34. The van der Waals surface area contributed by atoms with E-state index in [1.807, 2.05) is 0 Å². The van der Waals surface area contributed by atoms with Crippen molar-refractivity contribution in [3.8, 4) is 0 Å². The van der Waals surface area contributed by atoms with Crippen molar-refractivity contribution in [2.45, 2.75) is 16.4 Å². The van der Waals surface area contributed by atoms with Crippen LogP contribution in [0.4, 0.5) is 27.6 Å². The number of carbonyl (C=O) groups is 2. The van der Waals surface area contributed by atoms with Gasteiger partial charge in [0.15, 0.2) is 11.6 Å². The van der Waals surface area contributed by atoms with Crippen molar-refractivity contribution in [1.29, 1.82) is 0 Å². The summed E-state index contributed by atoms with van der Waals surface area (Å²) < 4.78 is 62.4. The number of carbonyl (C=O) groups excluding carboxylic acids is 2. The highest BCUT2D eigenvalue weighted by atomic mass is 35.5. The fourth-order valence-electron chi connectivity index (χ4n) is 3.10. The summed E-state index contributed by atoms with van der Waals surface area (Å²) in [5, 5.41) is 3.44. The molecule has 2 aromatic carbocycles. The van der Waals surface area contributed by atoms with Crippen LogP contribution in [0.1, 0.15) is 21.8 Å². The van der Waals surface area contributed by atoms with E-state index < -0.39 is 57.4 Å². The zero-order valence-electron chi connectivity index (χ0n) is 15.5. The molecule has 0 aromatic heterocycles. The van der Waals surface area contributed by atoms with Crippen molar-refractivity contribution in [3.05, 3.63) is 63.1 Å². The molecule has 0 unspecified atom stereocenters. The van der Waals surface area contributed by atoms with Gasteiger partial charge in [0.05, 0.1) is 21.5 Å². The highest BCUT2D eigenvalue weighted by Gasteiger charge is 2.67. The number of hydrogen-bond donors (Lipinski definition) is 2. The minimum atomic E-state index is -4.62. The Morgan fingerprint density at radius 1 is 1.03 bits per heavy atom. The molecule has 3 rings (SSSR count). The molecule has 1 saturated carbocycles. The summed E-state index contributed by atoms with van der Waals surface area (Å²) in [6.07, 6.45) is -4.62. The zero-order valence-corrected chi connectivity index (χ0v) is 18.5. The minimum Gasteiger partial charge on any atom is -0.343 e. The summed E-state index contributed by atoms with van der Waals surface area (Å²) >= 11 is 23.8. The van der Waals surface area contributed by atoms with Crippen LogP contribution in [-0.2, 0) is 4.79 Å². The Balaban J connectivity index is 1.77. The Morgan fingerprint density at radius 3 is 2.28 bits per heavy atom. The lowest BCUT2D eigenvalue weighted by molar-refractivity contribution is -0.123. The molecule has 1 fully saturated rings. The van der Waals surface area contributed by atoms with E-state index in [-0.39, 0.29) is 21.8 Å². The van der Waals surface area contributed by atoms with E-state index in [0.717, 1.165) is 18.2 Å². The standard InChI is InChI=1S/C19H11Cl4F5N2O2/c20-10-2-1-8(5-9(10)16(31)29-6-18(26,27)28)30-17(32)14-13(19(14,22)23)7-3-11(21)15(25)12(24)4-7/h1-5,13-14H,6H2,(H,29,31)(H,30,32)/t13-,14+/m0/s1. The number of rotatable bonds is 5. The van der Waals surface area contributed by atoms with Crippen LogP contribution in [0.15, 0.2) is 30.3 Å². The predicted molar refractivity (Wildman–Crippen MR) is 111 cm³/mol. The molecular formula is C19H11Cl4F5N2O2. The SMILES string of the molecule is O=C(NCC(F)(F)F)c1cc(NC(=O)[C@H]2[C@H](c3cc(F)c(F)c(Cl)c3)C2(Cl)Cl)ccc1Cl. The van der Waals surface area contributed by atoms with Crippen LogP contribution in [-0.4, -0.2) is 28.9 Å². The molecule has 0 spiro atoms. The molecule has 0 radical (unpaired) electrons. The van der Waals surface area contributed by atoms with Crippen molar-refractivity contribution in [1.82, 2.24) is 5.32 Å². The maximum absolute atomic E-state index is 13.7. The van der Waals surface area contributed by atoms with Gasteiger partial charge in [-0.3, -0.25) is 9.59 Å². The van der Waals surface area contributed by atoms with E-state index in [4.69, 9.17) is 46.4 Å². The molecule has 32 heavy (non-hydrogen) atoms. The first kappa shape index (κ1) is 24.8. The average Bonchev–Trinajstić information content (AvgIpc) is 3.27. The second-order valence-corrected chi connectivity index (χ2v) is 9.17. The lowest BCUT2D eigenvalue weighted by Gasteiger charge is -2.11. The molecule has 2 amide bonds. The monoisotopic (exact) mass is 534 g/mol. The number of nitrogens with one attached hydrogen (secondary N) is 2. The molecule has 2 aromatic rings. The Bertz CT molecular complexity index is 1070. The zero-order chi connectivity index (χ0) is 24.0. The molecule has 172 valence electrons. The van der Waals surface area contributed by atoms with Crippen molar-refractivity contribution >= 4 is 63.9 Å². The third-order valence-corrected chi connectivity index (χ3v) is 6.17. The number of amides is 2. The smallest absolute Gasteiger partial charge is 0.343 e. The summed E-state index contributed by atoms with van der Waals surface area (Å²) in [4.78, 5) is 24.7. The number of benzene rings is 2. The van der Waals surface area contributed by atoms with Crippen molar-refractivity contribution < 1.29 is 31.5 Å². The lowest BCUT2D eigenvalue weighted by Crippen LogP contribution is -2.33. The highest BCUT2D eigenvalue weighted by molar-refractivity contribution is 6.53. The van der Waals surface area contributed by atoms with Crippen LogP contribution in [0.3, 0.4) is 0 Å². The third kappa shape index (κ3) is 5.22. The first-order valence-electron chi connectivity index (χ1n) is 8.70. The molecule has 0 bridgehead atoms. The van der Waals surface area contributed by atoms with Gasteiger partial charge in [0.1, 0.15) is 10.9 Å². The van der Waals surface area contributed by atoms with Gasteiger partial charge in [-0.1, -0.05) is 23.2 Å². The maximum atomic E-state index is 13.7. The summed E-state index contributed by atoms with van der Waals surface area (Å²) in [6, 6.07) is 5.50. The molecule has 0 saturated heterocycles. The second-order valence-electron chi connectivity index (χ2n) is 6.91. The van der Waals surface area contributed by atoms with Crippen molar-refractivity contribution in [3.63, 3.8) is 0 Å². The van der Waals surface area contributed by atoms with E-state index in [9.17, 15) is 31.5 Å². The molecule has 4 nitrogen and oxygen atoms in total. The van der Waals surface area contributed by atoms with Crippen LogP contribution >= 0.6 is 46.4 Å². The van der Waals surface area contributed by atoms with Crippen LogP contribution in [0.25, 0.3) is 0 Å². The summed E-state index contributed by atoms with van der Waals surface area (Å²) in [7, 11) is 0. The maximum Gasteiger partial charge on any atom is 0.405 e. The summed E-state index contributed by atoms with van der Waals surface area (Å²) in [6.45, 7) is -1.57. The van der Waals surface area contributed by atoms with Crippen LogP contribution < -0.4 is 10.6 Å². The van der Waals surface area contributed by atoms with Gasteiger partial charge in [-0.15, -0.1) is 23.2 Å². The summed E-state index contributed by atoms with van der Waals surface area (Å²) in [5.74, 6) is -6.34. The fraction of sp³-hybridized carbons (Fsp3) is 0.263. The van der Waals surface area contributed by atoms with E-state index >= 15 is 0 Å². The van der Waals surface area contributed by atoms with Gasteiger partial charge in [0.25, 0.3) is 5.91 Å². The van der Waals surface area contributed by atoms with Gasteiger partial charge in [0.2, 0.25) is 5.91 Å². The van der Waals surface area contributed by atoms with Gasteiger partial charge in [-0.05, 0) is 35.9 Å². The van der Waals surface area contributed by atoms with Crippen LogP contribution in [0.2, 0.25) is 10.0 Å². The van der Waals surface area contributed by atoms with Crippen LogP contribution in [0.5, 0.6) is 0 Å².